The molecule has 1 aromatic heterocycles. The van der Waals surface area contributed by atoms with Crippen LogP contribution in [0.25, 0.3) is 22.2 Å². The molecule has 6 heteroatoms. The van der Waals surface area contributed by atoms with Crippen LogP contribution in [0.15, 0.2) is 36.4 Å². The summed E-state index contributed by atoms with van der Waals surface area (Å²) in [7, 11) is 2.14. The molecule has 188 valence electrons. The first kappa shape index (κ1) is 25.4. The highest BCUT2D eigenvalue weighted by Crippen LogP contribution is 2.35. The Morgan fingerprint density at radius 3 is 2.63 bits per heavy atom. The van der Waals surface area contributed by atoms with Gasteiger partial charge in [0.15, 0.2) is 0 Å². The molecule has 1 amide bonds. The van der Waals surface area contributed by atoms with Crippen molar-refractivity contribution in [3.8, 4) is 11.3 Å². The van der Waals surface area contributed by atoms with E-state index in [9.17, 15) is 9.18 Å². The molecule has 2 aromatic carbocycles. The minimum Gasteiger partial charge on any atom is -0.376 e. The summed E-state index contributed by atoms with van der Waals surface area (Å²) in [6, 6.07) is 11.3. The molecule has 0 spiro atoms. The van der Waals surface area contributed by atoms with Crippen LogP contribution in [0, 0.1) is 11.7 Å². The summed E-state index contributed by atoms with van der Waals surface area (Å²) in [5, 5.41) is 3.71. The molecule has 2 N–H and O–H groups in total. The van der Waals surface area contributed by atoms with E-state index in [-0.39, 0.29) is 11.5 Å². The van der Waals surface area contributed by atoms with Gasteiger partial charge in [-0.2, -0.15) is 0 Å². The first-order valence-corrected chi connectivity index (χ1v) is 12.7. The Morgan fingerprint density at radius 1 is 1.17 bits per heavy atom. The number of amides is 1. The summed E-state index contributed by atoms with van der Waals surface area (Å²) in [5.74, 6) is 0.0352. The van der Waals surface area contributed by atoms with Gasteiger partial charge in [-0.3, -0.25) is 4.79 Å². The third-order valence-corrected chi connectivity index (χ3v) is 6.85. The predicted molar refractivity (Wildman–Crippen MR) is 140 cm³/mol. The third-order valence-electron chi connectivity index (χ3n) is 6.85. The van der Waals surface area contributed by atoms with Gasteiger partial charge in [0, 0.05) is 42.8 Å². The van der Waals surface area contributed by atoms with E-state index in [1.807, 2.05) is 0 Å². The number of hydrogen-bond acceptors (Lipinski definition) is 3. The highest BCUT2D eigenvalue weighted by atomic mass is 19.1. The number of nitrogens with zero attached hydrogens (tertiary/aromatic N) is 1. The van der Waals surface area contributed by atoms with Crippen LogP contribution in [-0.4, -0.2) is 48.1 Å². The van der Waals surface area contributed by atoms with Gasteiger partial charge in [-0.1, -0.05) is 38.1 Å². The first-order chi connectivity index (χ1) is 16.6. The maximum absolute atomic E-state index is 14.1. The Balaban J connectivity index is 1.44. The monoisotopic (exact) mass is 479 g/mol. The van der Waals surface area contributed by atoms with Crippen molar-refractivity contribution in [2.45, 2.75) is 59.1 Å². The Morgan fingerprint density at radius 2 is 1.91 bits per heavy atom. The number of halogens is 1. The van der Waals surface area contributed by atoms with Crippen molar-refractivity contribution in [3.63, 3.8) is 0 Å². The van der Waals surface area contributed by atoms with E-state index < -0.39 is 5.82 Å². The summed E-state index contributed by atoms with van der Waals surface area (Å²) >= 11 is 0. The molecular formula is C29H38FN3O2. The lowest BCUT2D eigenvalue weighted by Crippen LogP contribution is -2.31. The van der Waals surface area contributed by atoms with Gasteiger partial charge in [0.05, 0.1) is 11.2 Å². The molecule has 0 atom stereocenters. The van der Waals surface area contributed by atoms with E-state index in [2.05, 4.69) is 74.2 Å². The zero-order valence-corrected chi connectivity index (χ0v) is 21.6. The van der Waals surface area contributed by atoms with Crippen LogP contribution in [0.2, 0.25) is 0 Å². The molecule has 1 aliphatic heterocycles. The number of rotatable bonds is 10. The number of benzene rings is 2. The maximum atomic E-state index is 14.1. The van der Waals surface area contributed by atoms with Gasteiger partial charge in [-0.05, 0) is 74.9 Å². The van der Waals surface area contributed by atoms with Crippen LogP contribution < -0.4 is 5.32 Å². The molecule has 0 fully saturated rings. The number of aromatic nitrogens is 1. The standard InChI is InChI=1S/C29H38FN3O2/c1-19(2)11-15-35-29(3,4)12-14-33(5)18-20-6-8-21(9-7-20)27-23-10-13-31-28(34)24-16-22(30)17-25(32-27)26(23)24/h6-9,16-17,19,32H,10-15,18H2,1-5H3,(H,31,34). The molecule has 0 unspecified atom stereocenters. The second kappa shape index (κ2) is 10.5. The van der Waals surface area contributed by atoms with E-state index in [4.69, 9.17) is 4.74 Å². The largest absolute Gasteiger partial charge is 0.376 e. The van der Waals surface area contributed by atoms with Gasteiger partial charge in [-0.25, -0.2) is 4.39 Å². The van der Waals surface area contributed by atoms with E-state index in [1.165, 1.54) is 17.7 Å². The third kappa shape index (κ3) is 6.11. The number of H-pyrrole nitrogens is 1. The van der Waals surface area contributed by atoms with Gasteiger partial charge in [-0.15, -0.1) is 0 Å². The number of nitrogens with one attached hydrogen (secondary N) is 2. The average molecular weight is 480 g/mol. The Kier molecular flexibility index (Phi) is 7.62. The number of carbonyl (C=O) groups excluding carboxylic acids is 1. The van der Waals surface area contributed by atoms with Crippen LogP contribution >= 0.6 is 0 Å². The number of carbonyl (C=O) groups is 1. The second-order valence-electron chi connectivity index (χ2n) is 10.8. The molecule has 1 aliphatic rings. The zero-order chi connectivity index (χ0) is 25.2. The first-order valence-electron chi connectivity index (χ1n) is 12.7. The van der Waals surface area contributed by atoms with Gasteiger partial charge in [0.25, 0.3) is 5.91 Å². The van der Waals surface area contributed by atoms with E-state index in [0.29, 0.717) is 30.0 Å². The summed E-state index contributed by atoms with van der Waals surface area (Å²) in [6.45, 7) is 11.9. The summed E-state index contributed by atoms with van der Waals surface area (Å²) in [5.41, 5.74) is 5.26. The normalized spacial score (nSPS) is 14.1. The summed E-state index contributed by atoms with van der Waals surface area (Å²) < 4.78 is 20.3. The van der Waals surface area contributed by atoms with Gasteiger partial charge < -0.3 is 19.9 Å². The highest BCUT2D eigenvalue weighted by molar-refractivity contribution is 6.10. The lowest BCUT2D eigenvalue weighted by Gasteiger charge is -2.28. The van der Waals surface area contributed by atoms with Crippen molar-refractivity contribution in [2.75, 3.05) is 26.7 Å². The van der Waals surface area contributed by atoms with Crippen molar-refractivity contribution in [1.29, 1.82) is 0 Å². The molecule has 4 rings (SSSR count). The molecule has 35 heavy (non-hydrogen) atoms. The Bertz CT molecular complexity index is 1180. The molecule has 0 saturated carbocycles. The van der Waals surface area contributed by atoms with Gasteiger partial charge >= 0.3 is 0 Å². The lowest BCUT2D eigenvalue weighted by atomic mass is 9.99. The molecule has 0 bridgehead atoms. The average Bonchev–Trinajstić information content (AvgIpc) is 3.06. The topological polar surface area (TPSA) is 57.4 Å². The fraction of sp³-hybridized carbons (Fsp3) is 0.483. The molecule has 5 nitrogen and oxygen atoms in total. The quantitative estimate of drug-likeness (QED) is 0.379. The number of hydrogen-bond donors (Lipinski definition) is 2. The van der Waals surface area contributed by atoms with Gasteiger partial charge in [0.1, 0.15) is 5.82 Å². The fourth-order valence-corrected chi connectivity index (χ4v) is 4.71. The maximum Gasteiger partial charge on any atom is 0.252 e. The fourth-order valence-electron chi connectivity index (χ4n) is 4.71. The van der Waals surface area contributed by atoms with E-state index >= 15 is 0 Å². The van der Waals surface area contributed by atoms with Crippen LogP contribution in [0.1, 0.15) is 62.0 Å². The van der Waals surface area contributed by atoms with Crippen molar-refractivity contribution in [1.82, 2.24) is 15.2 Å². The molecule has 0 radical (unpaired) electrons. The minimum atomic E-state index is -0.407. The summed E-state index contributed by atoms with van der Waals surface area (Å²) in [6.07, 6.45) is 2.77. The van der Waals surface area contributed by atoms with Crippen LogP contribution in [0.4, 0.5) is 4.39 Å². The molecule has 0 aliphatic carbocycles. The summed E-state index contributed by atoms with van der Waals surface area (Å²) in [4.78, 5) is 18.1. The van der Waals surface area contributed by atoms with Crippen molar-refractivity contribution in [2.24, 2.45) is 5.92 Å². The smallest absolute Gasteiger partial charge is 0.252 e. The molecule has 0 saturated heterocycles. The van der Waals surface area contributed by atoms with E-state index in [1.54, 1.807) is 0 Å². The zero-order valence-electron chi connectivity index (χ0n) is 21.6. The Labute approximate surface area is 208 Å². The molecular weight excluding hydrogens is 441 g/mol. The van der Waals surface area contributed by atoms with Crippen molar-refractivity contribution >= 4 is 16.8 Å². The van der Waals surface area contributed by atoms with Crippen molar-refractivity contribution in [3.05, 3.63) is 58.9 Å². The van der Waals surface area contributed by atoms with Crippen LogP contribution in [-0.2, 0) is 17.7 Å². The SMILES string of the molecule is CC(C)CCOC(C)(C)CCN(C)Cc1ccc(-c2[nH]c3cc(F)cc4c3c2CCNC4=O)cc1. The lowest BCUT2D eigenvalue weighted by molar-refractivity contribution is -0.0323. The van der Waals surface area contributed by atoms with Crippen LogP contribution in [0.5, 0.6) is 0 Å². The van der Waals surface area contributed by atoms with Crippen molar-refractivity contribution < 1.29 is 13.9 Å². The molecule has 2 heterocycles. The molecule has 3 aromatic rings. The Hall–Kier alpha value is -2.70. The second-order valence-corrected chi connectivity index (χ2v) is 10.8. The predicted octanol–water partition coefficient (Wildman–Crippen LogP) is 5.92. The van der Waals surface area contributed by atoms with Gasteiger partial charge in [0.2, 0.25) is 0 Å². The highest BCUT2D eigenvalue weighted by Gasteiger charge is 2.23. The number of aromatic amines is 1. The minimum absolute atomic E-state index is 0.128. The van der Waals surface area contributed by atoms with E-state index in [0.717, 1.165) is 54.7 Å². The van der Waals surface area contributed by atoms with Crippen LogP contribution in [0.3, 0.4) is 0 Å². The number of ether oxygens (including phenoxy) is 1.